The van der Waals surface area contributed by atoms with Crippen molar-refractivity contribution in [2.24, 2.45) is 0 Å². The Bertz CT molecular complexity index is 1720. The fourth-order valence-electron chi connectivity index (χ4n) is 4.91. The Morgan fingerprint density at radius 1 is 1.05 bits per heavy atom. The molecule has 0 unspecified atom stereocenters. The van der Waals surface area contributed by atoms with Crippen molar-refractivity contribution in [2.45, 2.75) is 13.3 Å². The van der Waals surface area contributed by atoms with E-state index in [1.165, 1.54) is 10.2 Å². The highest BCUT2D eigenvalue weighted by Crippen LogP contribution is 2.37. The molecule has 4 aromatic rings. The summed E-state index contributed by atoms with van der Waals surface area (Å²) in [7, 11) is -3.62. The van der Waals surface area contributed by atoms with Crippen molar-refractivity contribution in [3.63, 3.8) is 0 Å². The number of anilines is 3. The first-order valence-electron chi connectivity index (χ1n) is 13.5. The molecule has 0 atom stereocenters. The zero-order valence-corrected chi connectivity index (χ0v) is 24.1. The number of fused-ring (bicyclic) bond motifs is 6. The lowest BCUT2D eigenvalue weighted by Crippen LogP contribution is -2.36. The van der Waals surface area contributed by atoms with Gasteiger partial charge in [-0.2, -0.15) is 0 Å². The first kappa shape index (κ1) is 27.4. The van der Waals surface area contributed by atoms with Crippen LogP contribution in [0.2, 0.25) is 5.02 Å². The average molecular weight is 596 g/mol. The average Bonchev–Trinajstić information content (AvgIpc) is 3.37. The third-order valence-electron chi connectivity index (χ3n) is 7.03. The van der Waals surface area contributed by atoms with Gasteiger partial charge in [0.05, 0.1) is 53.7 Å². The molecule has 0 amide bonds. The van der Waals surface area contributed by atoms with Gasteiger partial charge in [0, 0.05) is 48.1 Å². The molecule has 10 nitrogen and oxygen atoms in total. The highest BCUT2D eigenvalue weighted by atomic mass is 35.5. The summed E-state index contributed by atoms with van der Waals surface area (Å²) in [5, 5.41) is 4.24. The zero-order valence-electron chi connectivity index (χ0n) is 22.5. The first-order chi connectivity index (χ1) is 19.9. The number of nitrogens with one attached hydrogen (secondary N) is 1. The van der Waals surface area contributed by atoms with Gasteiger partial charge < -0.3 is 24.4 Å². The minimum absolute atomic E-state index is 0.0702. The minimum atomic E-state index is -3.62. The highest BCUT2D eigenvalue weighted by molar-refractivity contribution is 7.90. The molecule has 1 fully saturated rings. The van der Waals surface area contributed by atoms with Crippen LogP contribution in [0.5, 0.6) is 11.5 Å². The predicted molar refractivity (Wildman–Crippen MR) is 160 cm³/mol. The Morgan fingerprint density at radius 3 is 2.73 bits per heavy atom. The van der Waals surface area contributed by atoms with Crippen molar-refractivity contribution in [1.82, 2.24) is 13.9 Å². The van der Waals surface area contributed by atoms with Crippen LogP contribution < -0.4 is 19.7 Å². The van der Waals surface area contributed by atoms with E-state index in [1.807, 2.05) is 42.5 Å². The molecule has 214 valence electrons. The maximum atomic E-state index is 13.1. The molecule has 0 spiro atoms. The van der Waals surface area contributed by atoms with Crippen LogP contribution in [-0.4, -0.2) is 67.6 Å². The molecule has 12 heteroatoms. The van der Waals surface area contributed by atoms with E-state index in [0.29, 0.717) is 71.7 Å². The maximum Gasteiger partial charge on any atom is 0.238 e. The van der Waals surface area contributed by atoms with Gasteiger partial charge in [0.2, 0.25) is 16.0 Å². The second-order valence-corrected chi connectivity index (χ2v) is 12.2. The van der Waals surface area contributed by atoms with Gasteiger partial charge in [-0.05, 0) is 37.6 Å². The van der Waals surface area contributed by atoms with Crippen LogP contribution in [0.3, 0.4) is 0 Å². The normalized spacial score (nSPS) is 16.8. The molecule has 2 aromatic heterocycles. The molecule has 3 aliphatic rings. The summed E-state index contributed by atoms with van der Waals surface area (Å²) in [4.78, 5) is 11.4. The van der Waals surface area contributed by atoms with E-state index >= 15 is 0 Å². The number of hydrogen-bond donors (Lipinski definition) is 1. The van der Waals surface area contributed by atoms with Crippen LogP contribution in [0.4, 0.5) is 17.3 Å². The van der Waals surface area contributed by atoms with Gasteiger partial charge in [-0.3, -0.25) is 0 Å². The van der Waals surface area contributed by atoms with Gasteiger partial charge in [0.15, 0.2) is 0 Å². The van der Waals surface area contributed by atoms with Crippen LogP contribution in [0.1, 0.15) is 13.3 Å². The number of hydrogen-bond acceptors (Lipinski definition) is 9. The van der Waals surface area contributed by atoms with E-state index in [4.69, 9.17) is 30.8 Å². The largest absolute Gasteiger partial charge is 0.491 e. The Hall–Kier alpha value is -3.80. The Balaban J connectivity index is 1.46. The highest BCUT2D eigenvalue weighted by Gasteiger charge is 2.22. The molecule has 2 aromatic carbocycles. The fourth-order valence-corrected chi connectivity index (χ4v) is 6.10. The molecule has 1 N–H and O–H groups in total. The van der Waals surface area contributed by atoms with Crippen LogP contribution in [-0.2, 0) is 14.8 Å². The summed E-state index contributed by atoms with van der Waals surface area (Å²) in [6.45, 7) is 5.32. The number of benzene rings is 2. The van der Waals surface area contributed by atoms with E-state index in [1.54, 1.807) is 19.2 Å². The molecular formula is C29H30ClN5O5S. The quantitative estimate of drug-likeness (QED) is 0.318. The van der Waals surface area contributed by atoms with Gasteiger partial charge in [-0.15, -0.1) is 0 Å². The third kappa shape index (κ3) is 5.70. The third-order valence-corrected chi connectivity index (χ3v) is 8.94. The summed E-state index contributed by atoms with van der Waals surface area (Å²) in [6.07, 6.45) is 7.69. The van der Waals surface area contributed by atoms with E-state index in [2.05, 4.69) is 15.2 Å². The fraction of sp³-hybridized carbons (Fsp3) is 0.310. The van der Waals surface area contributed by atoms with E-state index in [0.717, 1.165) is 30.2 Å². The Kier molecular flexibility index (Phi) is 7.74. The molecule has 3 aliphatic heterocycles. The van der Waals surface area contributed by atoms with Gasteiger partial charge >= 0.3 is 0 Å². The molecule has 0 saturated carbocycles. The molecular weight excluding hydrogens is 566 g/mol. The molecule has 5 heterocycles. The molecule has 7 rings (SSSR count). The number of aromatic nitrogens is 3. The van der Waals surface area contributed by atoms with Crippen molar-refractivity contribution in [2.75, 3.05) is 55.5 Å². The topological polar surface area (TPSA) is 108 Å². The monoisotopic (exact) mass is 595 g/mol. The number of rotatable bonds is 3. The second-order valence-electron chi connectivity index (χ2n) is 9.63. The van der Waals surface area contributed by atoms with Crippen LogP contribution in [0.25, 0.3) is 22.2 Å². The minimum Gasteiger partial charge on any atom is -0.491 e. The van der Waals surface area contributed by atoms with Gasteiger partial charge in [0.25, 0.3) is 0 Å². The van der Waals surface area contributed by atoms with Crippen LogP contribution in [0.15, 0.2) is 60.9 Å². The van der Waals surface area contributed by atoms with Crippen molar-refractivity contribution in [3.05, 3.63) is 66.0 Å². The summed E-state index contributed by atoms with van der Waals surface area (Å²) < 4.78 is 45.1. The number of nitrogens with zero attached hydrogens (tertiary/aromatic N) is 4. The first-order valence-corrected chi connectivity index (χ1v) is 15.5. The number of morpholine rings is 1. The molecule has 1 saturated heterocycles. The SMILES string of the molecule is CCS(=O)(=O)n1cc2c3ccc(cc31)OC/C=C\CCOc1cc(ccc1N1CCOCC1)Nc1ncc(Cl)c-2n1. The van der Waals surface area contributed by atoms with Crippen molar-refractivity contribution < 1.29 is 22.6 Å². The summed E-state index contributed by atoms with van der Waals surface area (Å²) in [5.41, 5.74) is 3.21. The number of ether oxygens (including phenoxy) is 3. The standard InChI is InChI=1S/C29H30ClN5O5S/c1-2-41(36,37)35-19-23-22-8-7-21(17-26(22)35)39-12-4-3-5-13-40-27-16-20(32-29-31-18-24(30)28(23)33-29)6-9-25(27)34-10-14-38-15-11-34/h3-4,6-9,16-19H,2,5,10-15H2,1H3,(H,31,32,33)/b4-3-. The van der Waals surface area contributed by atoms with E-state index in [9.17, 15) is 8.42 Å². The smallest absolute Gasteiger partial charge is 0.238 e. The maximum absolute atomic E-state index is 13.1. The Morgan fingerprint density at radius 2 is 1.90 bits per heavy atom. The van der Waals surface area contributed by atoms with Crippen molar-refractivity contribution in [3.8, 4) is 22.8 Å². The summed E-state index contributed by atoms with van der Waals surface area (Å²) >= 11 is 6.59. The van der Waals surface area contributed by atoms with E-state index < -0.39 is 10.0 Å². The van der Waals surface area contributed by atoms with Gasteiger partial charge in [-0.1, -0.05) is 23.8 Å². The van der Waals surface area contributed by atoms with Gasteiger partial charge in [-0.25, -0.2) is 22.4 Å². The molecule has 8 bridgehead atoms. The van der Waals surface area contributed by atoms with Crippen molar-refractivity contribution in [1.29, 1.82) is 0 Å². The Labute approximate surface area is 243 Å². The lowest BCUT2D eigenvalue weighted by atomic mass is 10.1. The molecule has 0 radical (unpaired) electrons. The number of halogens is 1. The van der Waals surface area contributed by atoms with Gasteiger partial charge in [0.1, 0.15) is 18.1 Å². The summed E-state index contributed by atoms with van der Waals surface area (Å²) in [5.74, 6) is 1.54. The predicted octanol–water partition coefficient (Wildman–Crippen LogP) is 5.25. The van der Waals surface area contributed by atoms with E-state index in [-0.39, 0.29) is 5.75 Å². The van der Waals surface area contributed by atoms with Crippen molar-refractivity contribution >= 4 is 49.9 Å². The lowest BCUT2D eigenvalue weighted by Gasteiger charge is -2.30. The molecule has 41 heavy (non-hydrogen) atoms. The second kappa shape index (κ2) is 11.6. The van der Waals surface area contributed by atoms with Crippen LogP contribution >= 0.6 is 11.6 Å². The zero-order chi connectivity index (χ0) is 28.4. The lowest BCUT2D eigenvalue weighted by molar-refractivity contribution is 0.122. The summed E-state index contributed by atoms with van der Waals surface area (Å²) in [6, 6.07) is 11.3. The van der Waals surface area contributed by atoms with Crippen LogP contribution in [0, 0.1) is 0 Å². The molecule has 0 aliphatic carbocycles.